The van der Waals surface area contributed by atoms with E-state index >= 15 is 0 Å². The molecule has 0 aliphatic heterocycles. The van der Waals surface area contributed by atoms with Crippen molar-refractivity contribution in [3.8, 4) is 0 Å². The Labute approximate surface area is 313 Å². The van der Waals surface area contributed by atoms with E-state index in [4.69, 9.17) is 17.0 Å². The summed E-state index contributed by atoms with van der Waals surface area (Å²) >= 11 is -0.826. The zero-order chi connectivity index (χ0) is 30.5. The van der Waals surface area contributed by atoms with Crippen molar-refractivity contribution in [1.29, 1.82) is 0 Å². The fourth-order valence-electron chi connectivity index (χ4n) is 6.07. The van der Waals surface area contributed by atoms with Crippen LogP contribution < -0.4 is 24.8 Å². The molecule has 0 nitrogen and oxygen atoms in total. The number of benzene rings is 1. The Morgan fingerprint density at radius 1 is 0.698 bits per heavy atom. The summed E-state index contributed by atoms with van der Waals surface area (Å²) in [6.45, 7) is 29.4. The van der Waals surface area contributed by atoms with Crippen molar-refractivity contribution >= 4 is 27.8 Å². The molecule has 43 heavy (non-hydrogen) atoms. The van der Waals surface area contributed by atoms with E-state index in [1.165, 1.54) is 49.8 Å². The molecule has 0 saturated carbocycles. The second-order valence-electron chi connectivity index (χ2n) is 12.0. The van der Waals surface area contributed by atoms with E-state index in [2.05, 4.69) is 139 Å². The molecule has 233 valence electrons. The van der Waals surface area contributed by atoms with Gasteiger partial charge >= 0.3 is 64.1 Å². The van der Waals surface area contributed by atoms with Crippen molar-refractivity contribution in [3.05, 3.63) is 110 Å². The normalized spacial score (nSPS) is 20.2. The van der Waals surface area contributed by atoms with Gasteiger partial charge in [-0.2, -0.15) is 28.7 Å². The van der Waals surface area contributed by atoms with Gasteiger partial charge in [0.1, 0.15) is 0 Å². The first-order valence-corrected chi connectivity index (χ1v) is 20.6. The molecule has 0 aromatic heterocycles. The number of hydrogen-bond acceptors (Lipinski definition) is 0. The molecule has 0 heterocycles. The van der Waals surface area contributed by atoms with Crippen molar-refractivity contribution in [3.63, 3.8) is 0 Å². The van der Waals surface area contributed by atoms with Gasteiger partial charge in [-0.1, -0.05) is 64.2 Å². The van der Waals surface area contributed by atoms with Gasteiger partial charge in [0, 0.05) is 11.8 Å². The van der Waals surface area contributed by atoms with Gasteiger partial charge in [0.2, 0.25) is 0 Å². The maximum Gasteiger partial charge on any atom is 3.00 e. The Balaban J connectivity index is 0. The summed E-state index contributed by atoms with van der Waals surface area (Å²) in [7, 11) is 9.87. The monoisotopic (exact) mass is 812 g/mol. The molecular weight excluding hydrogens is 769 g/mol. The summed E-state index contributed by atoms with van der Waals surface area (Å²) in [6.07, 6.45) is 3.44. The van der Waals surface area contributed by atoms with E-state index in [9.17, 15) is 0 Å². The molecule has 0 amide bonds. The average molecular weight is 817 g/mol. The maximum absolute atomic E-state index is 4.93. The van der Waals surface area contributed by atoms with Crippen LogP contribution in [0.25, 0.3) is 10.8 Å². The standard InChI is InChI=1S/C18H26.C10H15.C9H7.4ClH.2Zr/c1-9-10(2)14(6)17(13(9)5)18-15(7)11(3)12(4)16(18)8;1-7-6-10(4,5)9(3)8(7)2;1-2-5-9-7-3-6-8(9)4-1;;;;;;/h13,15H,1-8H3;1-5H3;1-7H;4*1H;;/q;2*-1;;;;;+2;+3/p-4. The summed E-state index contributed by atoms with van der Waals surface area (Å²) in [6, 6.07) is 14.7. The second kappa shape index (κ2) is 19.8. The molecular formula is C37H48Cl4Zr2-. The topological polar surface area (TPSA) is 0 Å². The number of halogens is 4. The largest absolute Gasteiger partial charge is 3.00 e. The summed E-state index contributed by atoms with van der Waals surface area (Å²) < 4.78 is 0. The van der Waals surface area contributed by atoms with Gasteiger partial charge in [-0.15, -0.1) is 36.6 Å². The Morgan fingerprint density at radius 3 is 1.40 bits per heavy atom. The zero-order valence-electron chi connectivity index (χ0n) is 28.2. The number of rotatable bonds is 1. The molecule has 3 aliphatic rings. The molecule has 2 aromatic carbocycles. The van der Waals surface area contributed by atoms with Gasteiger partial charge < -0.3 is 24.8 Å². The van der Waals surface area contributed by atoms with Crippen LogP contribution in [0, 0.1) is 23.3 Å². The van der Waals surface area contributed by atoms with Crippen LogP contribution in [-0.4, -0.2) is 0 Å². The smallest absolute Gasteiger partial charge is 0.168 e. The quantitative estimate of drug-likeness (QED) is 0.284. The van der Waals surface area contributed by atoms with Crippen LogP contribution in [-0.2, 0) is 47.1 Å². The third-order valence-corrected chi connectivity index (χ3v) is 9.68. The first-order valence-electron chi connectivity index (χ1n) is 14.3. The third kappa shape index (κ3) is 10.6. The van der Waals surface area contributed by atoms with Gasteiger partial charge in [-0.05, 0) is 75.0 Å². The molecule has 0 N–H and O–H groups in total. The van der Waals surface area contributed by atoms with Crippen LogP contribution in [0.3, 0.4) is 0 Å². The fraction of sp³-hybridized carbons (Fsp3) is 0.432. The van der Waals surface area contributed by atoms with Crippen LogP contribution in [0.4, 0.5) is 0 Å². The van der Waals surface area contributed by atoms with Crippen molar-refractivity contribution in [1.82, 2.24) is 0 Å². The zero-order valence-corrected chi connectivity index (χ0v) is 36.1. The van der Waals surface area contributed by atoms with E-state index in [0.29, 0.717) is 11.8 Å². The number of hydrogen-bond donors (Lipinski definition) is 0. The minimum Gasteiger partial charge on any atom is -0.168 e. The number of allylic oxidation sites excluding steroid dienone is 12. The van der Waals surface area contributed by atoms with Crippen LogP contribution in [0.2, 0.25) is 0 Å². The van der Waals surface area contributed by atoms with Crippen LogP contribution in [0.5, 0.6) is 0 Å². The van der Waals surface area contributed by atoms with Crippen molar-refractivity contribution in [2.45, 2.75) is 90.0 Å². The Morgan fingerprint density at radius 2 is 1.12 bits per heavy atom. The molecule has 6 heteroatoms. The Kier molecular flexibility index (Phi) is 20.8. The Bertz CT molecular complexity index is 1350. The first-order chi connectivity index (χ1) is 18.6. The third-order valence-electron chi connectivity index (χ3n) is 9.68. The van der Waals surface area contributed by atoms with E-state index in [0.717, 1.165) is 0 Å². The van der Waals surface area contributed by atoms with E-state index in [1.54, 1.807) is 22.3 Å². The molecule has 2 atom stereocenters. The Hall–Kier alpha value is 0.196. The van der Waals surface area contributed by atoms with Gasteiger partial charge in [0.05, 0.1) is 0 Å². The molecule has 0 saturated heterocycles. The van der Waals surface area contributed by atoms with Gasteiger partial charge in [-0.3, -0.25) is 6.08 Å². The molecule has 3 aliphatic carbocycles. The summed E-state index contributed by atoms with van der Waals surface area (Å²) in [5.41, 5.74) is 16.8. The van der Waals surface area contributed by atoms with E-state index in [1.807, 2.05) is 0 Å². The van der Waals surface area contributed by atoms with Crippen LogP contribution >= 0.6 is 17.0 Å². The van der Waals surface area contributed by atoms with Crippen molar-refractivity contribution in [2.24, 2.45) is 17.3 Å². The molecule has 2 aromatic rings. The van der Waals surface area contributed by atoms with E-state index < -0.39 is 20.8 Å². The van der Waals surface area contributed by atoms with Gasteiger partial charge in [0.15, 0.2) is 0 Å². The van der Waals surface area contributed by atoms with Gasteiger partial charge in [-0.25, -0.2) is 5.57 Å². The molecule has 0 bridgehead atoms. The maximum atomic E-state index is 4.93. The van der Waals surface area contributed by atoms with Crippen molar-refractivity contribution < 1.29 is 71.9 Å². The van der Waals surface area contributed by atoms with Crippen LogP contribution in [0.15, 0.2) is 104 Å². The average Bonchev–Trinajstić information content (AvgIpc) is 3.57. The predicted octanol–water partition coefficient (Wildman–Crippen LogP) is 6.64. The fourth-order valence-corrected chi connectivity index (χ4v) is 6.07. The molecule has 2 unspecified atom stereocenters. The summed E-state index contributed by atoms with van der Waals surface area (Å²) in [5.74, 6) is 1.19. The van der Waals surface area contributed by atoms with Crippen LogP contribution in [0.1, 0.15) is 90.0 Å². The summed E-state index contributed by atoms with van der Waals surface area (Å²) in [5, 5.41) is 2.66. The van der Waals surface area contributed by atoms with Gasteiger partial charge in [0.25, 0.3) is 0 Å². The minimum absolute atomic E-state index is 0. The second-order valence-corrected chi connectivity index (χ2v) is 15.7. The first kappa shape index (κ1) is 45.3. The molecule has 0 spiro atoms. The van der Waals surface area contributed by atoms with E-state index in [-0.39, 0.29) is 56.4 Å². The SMILES string of the molecule is CC1=C(C)C(C)C(C2=C(C)C(C)=C(C)C2C)=C1C.CC1=[C-]C(C)(C)C(C)=C1C.[Cl-].[Cl-].[Cl][Zr][Cl].[Zr+3].c1ccc2[cH-]ccc2c1. The molecule has 0 fully saturated rings. The summed E-state index contributed by atoms with van der Waals surface area (Å²) in [4.78, 5) is 0. The van der Waals surface area contributed by atoms with Crippen molar-refractivity contribution in [2.75, 3.05) is 0 Å². The molecule has 5 rings (SSSR count). The predicted molar refractivity (Wildman–Crippen MR) is 176 cm³/mol. The molecule has 1 radical (unpaired) electrons. The number of fused-ring (bicyclic) bond motifs is 1. The minimum atomic E-state index is -0.826.